The second-order valence-electron chi connectivity index (χ2n) is 3.82. The minimum atomic E-state index is 0.430. The van der Waals surface area contributed by atoms with Crippen LogP contribution in [0.4, 0.5) is 5.82 Å². The highest BCUT2D eigenvalue weighted by molar-refractivity contribution is 5.71. The van der Waals surface area contributed by atoms with E-state index in [1.165, 1.54) is 0 Å². The SMILES string of the molecule is CC(CN)CNc1ccc2nccnc2n1. The first-order chi connectivity index (χ1) is 7.79. The Morgan fingerprint density at radius 2 is 2.12 bits per heavy atom. The molecule has 0 saturated heterocycles. The first kappa shape index (κ1) is 10.8. The Kier molecular flexibility index (Phi) is 3.26. The number of hydrogen-bond donors (Lipinski definition) is 2. The molecule has 0 aliphatic carbocycles. The average Bonchev–Trinajstić information content (AvgIpc) is 2.35. The number of hydrogen-bond acceptors (Lipinski definition) is 5. The van der Waals surface area contributed by atoms with Crippen molar-refractivity contribution in [3.05, 3.63) is 24.5 Å². The number of nitrogens with two attached hydrogens (primary N) is 1. The van der Waals surface area contributed by atoms with Crippen molar-refractivity contribution in [1.29, 1.82) is 0 Å². The summed E-state index contributed by atoms with van der Waals surface area (Å²) in [4.78, 5) is 12.7. The molecule has 0 amide bonds. The van der Waals surface area contributed by atoms with Gasteiger partial charge < -0.3 is 11.1 Å². The molecule has 0 radical (unpaired) electrons. The lowest BCUT2D eigenvalue weighted by molar-refractivity contribution is 0.627. The first-order valence-electron chi connectivity index (χ1n) is 5.31. The molecule has 2 heterocycles. The normalized spacial score (nSPS) is 12.6. The summed E-state index contributed by atoms with van der Waals surface area (Å²) in [6, 6.07) is 3.81. The summed E-state index contributed by atoms with van der Waals surface area (Å²) in [6.07, 6.45) is 3.30. The molecule has 2 rings (SSSR count). The van der Waals surface area contributed by atoms with Gasteiger partial charge in [0.25, 0.3) is 0 Å². The monoisotopic (exact) mass is 217 g/mol. The van der Waals surface area contributed by atoms with Crippen LogP contribution in [0.3, 0.4) is 0 Å². The van der Waals surface area contributed by atoms with Crippen molar-refractivity contribution in [2.24, 2.45) is 11.7 Å². The van der Waals surface area contributed by atoms with Crippen molar-refractivity contribution in [2.75, 3.05) is 18.4 Å². The second kappa shape index (κ2) is 4.85. The fourth-order valence-electron chi connectivity index (χ4n) is 1.31. The maximum Gasteiger partial charge on any atom is 0.180 e. The number of rotatable bonds is 4. The Hall–Kier alpha value is -1.75. The molecule has 5 heteroatoms. The Balaban J connectivity index is 2.13. The lowest BCUT2D eigenvalue weighted by Gasteiger charge is -2.10. The van der Waals surface area contributed by atoms with Gasteiger partial charge in [-0.15, -0.1) is 0 Å². The predicted molar refractivity (Wildman–Crippen MR) is 64.0 cm³/mol. The van der Waals surface area contributed by atoms with Crippen molar-refractivity contribution < 1.29 is 0 Å². The van der Waals surface area contributed by atoms with Crippen molar-refractivity contribution in [1.82, 2.24) is 15.0 Å². The Labute approximate surface area is 94.1 Å². The van der Waals surface area contributed by atoms with E-state index in [0.717, 1.165) is 17.9 Å². The number of aromatic nitrogens is 3. The van der Waals surface area contributed by atoms with E-state index in [1.807, 2.05) is 12.1 Å². The molecule has 84 valence electrons. The molecule has 2 aromatic heterocycles. The molecule has 0 aliphatic rings. The zero-order chi connectivity index (χ0) is 11.4. The Morgan fingerprint density at radius 3 is 2.94 bits per heavy atom. The molecule has 1 unspecified atom stereocenters. The molecule has 0 fully saturated rings. The molecular weight excluding hydrogens is 202 g/mol. The van der Waals surface area contributed by atoms with E-state index in [1.54, 1.807) is 12.4 Å². The van der Waals surface area contributed by atoms with Crippen LogP contribution in [-0.4, -0.2) is 28.0 Å². The highest BCUT2D eigenvalue weighted by Crippen LogP contribution is 2.10. The van der Waals surface area contributed by atoms with Crippen molar-refractivity contribution in [3.63, 3.8) is 0 Å². The minimum Gasteiger partial charge on any atom is -0.370 e. The summed E-state index contributed by atoms with van der Waals surface area (Å²) >= 11 is 0. The average molecular weight is 217 g/mol. The maximum atomic E-state index is 5.54. The largest absolute Gasteiger partial charge is 0.370 e. The third-order valence-electron chi connectivity index (χ3n) is 2.37. The summed E-state index contributed by atoms with van der Waals surface area (Å²) in [5.41, 5.74) is 7.01. The highest BCUT2D eigenvalue weighted by Gasteiger charge is 2.01. The van der Waals surface area contributed by atoms with Gasteiger partial charge in [0.05, 0.1) is 0 Å². The third-order valence-corrected chi connectivity index (χ3v) is 2.37. The van der Waals surface area contributed by atoms with Gasteiger partial charge in [-0.2, -0.15) is 0 Å². The number of pyridine rings is 1. The van der Waals surface area contributed by atoms with Gasteiger partial charge >= 0.3 is 0 Å². The summed E-state index contributed by atoms with van der Waals surface area (Å²) in [6.45, 7) is 3.57. The summed E-state index contributed by atoms with van der Waals surface area (Å²) in [5, 5.41) is 3.23. The summed E-state index contributed by atoms with van der Waals surface area (Å²) in [7, 11) is 0. The molecule has 0 aliphatic heterocycles. The van der Waals surface area contributed by atoms with Gasteiger partial charge in [-0.05, 0) is 24.6 Å². The molecule has 0 spiro atoms. The van der Waals surface area contributed by atoms with Gasteiger partial charge in [0, 0.05) is 18.9 Å². The van der Waals surface area contributed by atoms with E-state index in [0.29, 0.717) is 18.1 Å². The standard InChI is InChI=1S/C11H15N5/c1-8(6-12)7-15-10-3-2-9-11(16-10)14-5-4-13-9/h2-5,8H,6-7,12H2,1H3,(H,14,15,16). The lowest BCUT2D eigenvalue weighted by Crippen LogP contribution is -2.20. The fourth-order valence-corrected chi connectivity index (χ4v) is 1.31. The topological polar surface area (TPSA) is 76.7 Å². The number of anilines is 1. The molecule has 1 atom stereocenters. The quantitative estimate of drug-likeness (QED) is 0.800. The second-order valence-corrected chi connectivity index (χ2v) is 3.82. The van der Waals surface area contributed by atoms with Crippen molar-refractivity contribution in [3.8, 4) is 0 Å². The molecule has 0 saturated carbocycles. The van der Waals surface area contributed by atoms with Crippen molar-refractivity contribution in [2.45, 2.75) is 6.92 Å². The van der Waals surface area contributed by atoms with Crippen LogP contribution >= 0.6 is 0 Å². The molecular formula is C11H15N5. The van der Waals surface area contributed by atoms with Gasteiger partial charge in [0.15, 0.2) is 5.65 Å². The van der Waals surface area contributed by atoms with E-state index in [4.69, 9.17) is 5.73 Å². The summed E-state index contributed by atoms with van der Waals surface area (Å²) in [5.74, 6) is 1.24. The van der Waals surface area contributed by atoms with Crippen LogP contribution in [-0.2, 0) is 0 Å². The zero-order valence-electron chi connectivity index (χ0n) is 9.22. The van der Waals surface area contributed by atoms with E-state index < -0.39 is 0 Å². The van der Waals surface area contributed by atoms with Gasteiger partial charge in [-0.1, -0.05) is 6.92 Å². The van der Waals surface area contributed by atoms with Gasteiger partial charge in [-0.3, -0.25) is 4.98 Å². The number of nitrogens with zero attached hydrogens (tertiary/aromatic N) is 3. The molecule has 0 bridgehead atoms. The van der Waals surface area contributed by atoms with E-state index in [2.05, 4.69) is 27.2 Å². The van der Waals surface area contributed by atoms with E-state index >= 15 is 0 Å². The molecule has 5 nitrogen and oxygen atoms in total. The lowest BCUT2D eigenvalue weighted by atomic mass is 10.2. The maximum absolute atomic E-state index is 5.54. The Bertz CT molecular complexity index is 471. The predicted octanol–water partition coefficient (Wildman–Crippen LogP) is 1.03. The van der Waals surface area contributed by atoms with Crippen LogP contribution in [0, 0.1) is 5.92 Å². The Morgan fingerprint density at radius 1 is 1.31 bits per heavy atom. The fraction of sp³-hybridized carbons (Fsp3) is 0.364. The van der Waals surface area contributed by atoms with Crippen LogP contribution in [0.15, 0.2) is 24.5 Å². The van der Waals surface area contributed by atoms with Crippen LogP contribution in [0.2, 0.25) is 0 Å². The van der Waals surface area contributed by atoms with Gasteiger partial charge in [0.2, 0.25) is 0 Å². The van der Waals surface area contributed by atoms with Crippen LogP contribution in [0.5, 0.6) is 0 Å². The van der Waals surface area contributed by atoms with Crippen molar-refractivity contribution >= 4 is 17.0 Å². The molecule has 16 heavy (non-hydrogen) atoms. The smallest absolute Gasteiger partial charge is 0.180 e. The molecule has 3 N–H and O–H groups in total. The minimum absolute atomic E-state index is 0.430. The van der Waals surface area contributed by atoms with Gasteiger partial charge in [0.1, 0.15) is 11.3 Å². The van der Waals surface area contributed by atoms with E-state index in [9.17, 15) is 0 Å². The van der Waals surface area contributed by atoms with Crippen LogP contribution in [0.1, 0.15) is 6.92 Å². The van der Waals surface area contributed by atoms with Gasteiger partial charge in [-0.25, -0.2) is 9.97 Å². The molecule has 0 aromatic carbocycles. The molecule has 2 aromatic rings. The first-order valence-corrected chi connectivity index (χ1v) is 5.31. The van der Waals surface area contributed by atoms with E-state index in [-0.39, 0.29) is 0 Å². The van der Waals surface area contributed by atoms with Crippen LogP contribution in [0.25, 0.3) is 11.2 Å². The van der Waals surface area contributed by atoms with Crippen LogP contribution < -0.4 is 11.1 Å². The summed E-state index contributed by atoms with van der Waals surface area (Å²) < 4.78 is 0. The number of fused-ring (bicyclic) bond motifs is 1. The zero-order valence-corrected chi connectivity index (χ0v) is 9.22. The number of nitrogens with one attached hydrogen (secondary N) is 1. The highest BCUT2D eigenvalue weighted by atomic mass is 15.0. The third kappa shape index (κ3) is 2.43.